The summed E-state index contributed by atoms with van der Waals surface area (Å²) in [6.45, 7) is 13.2. The van der Waals surface area contributed by atoms with Crippen LogP contribution in [-0.4, -0.2) is 80.3 Å². The lowest BCUT2D eigenvalue weighted by molar-refractivity contribution is -0.133. The molecule has 2 aromatic rings. The van der Waals surface area contributed by atoms with Crippen LogP contribution in [0, 0.1) is 0 Å². The summed E-state index contributed by atoms with van der Waals surface area (Å²) >= 11 is 0. The molecule has 2 aliphatic rings. The minimum Gasteiger partial charge on any atom is -0.352 e. The summed E-state index contributed by atoms with van der Waals surface area (Å²) in [6.07, 6.45) is 0.921. The topological polar surface area (TPSA) is 69.9 Å². The van der Waals surface area contributed by atoms with Crippen LogP contribution in [0.4, 0.5) is 5.82 Å². The van der Waals surface area contributed by atoms with Gasteiger partial charge in [0.25, 0.3) is 0 Å². The molecular weight excluding hydrogens is 354 g/mol. The zero-order valence-electron chi connectivity index (χ0n) is 17.8. The van der Waals surface area contributed by atoms with Gasteiger partial charge in [0.05, 0.1) is 6.04 Å². The molecule has 4 rings (SSSR count). The first kappa shape index (κ1) is 19.1. The number of hydrogen-bond donors (Lipinski definition) is 0. The van der Waals surface area contributed by atoms with E-state index in [9.17, 15) is 4.79 Å². The first-order valence-corrected chi connectivity index (χ1v) is 10.2. The predicted octanol–water partition coefficient (Wildman–Crippen LogP) is 1.55. The van der Waals surface area contributed by atoms with Gasteiger partial charge in [-0.2, -0.15) is 4.52 Å². The highest BCUT2D eigenvalue weighted by atomic mass is 16.2. The Morgan fingerprint density at radius 2 is 1.89 bits per heavy atom. The summed E-state index contributed by atoms with van der Waals surface area (Å²) in [6, 6.07) is 4.65. The van der Waals surface area contributed by atoms with Crippen LogP contribution in [0.1, 0.15) is 46.9 Å². The van der Waals surface area contributed by atoms with E-state index in [1.807, 2.05) is 21.5 Å². The number of aromatic nitrogens is 4. The molecule has 4 heterocycles. The zero-order valence-corrected chi connectivity index (χ0v) is 17.8. The second-order valence-corrected chi connectivity index (χ2v) is 9.39. The van der Waals surface area contributed by atoms with Crippen molar-refractivity contribution in [3.8, 4) is 0 Å². The monoisotopic (exact) mass is 385 g/mol. The molecule has 2 saturated heterocycles. The fraction of sp³-hybridized carbons (Fsp3) is 0.700. The minimum absolute atomic E-state index is 0.00957. The Morgan fingerprint density at radius 3 is 2.50 bits per heavy atom. The van der Waals surface area contributed by atoms with Crippen LogP contribution >= 0.6 is 0 Å². The molecule has 8 nitrogen and oxygen atoms in total. The quantitative estimate of drug-likeness (QED) is 0.795. The van der Waals surface area contributed by atoms with Gasteiger partial charge in [0.15, 0.2) is 11.5 Å². The van der Waals surface area contributed by atoms with Crippen molar-refractivity contribution in [1.82, 2.24) is 29.6 Å². The molecule has 1 unspecified atom stereocenters. The number of carbonyl (C=O) groups excluding carboxylic acids is 1. The summed E-state index contributed by atoms with van der Waals surface area (Å²) in [4.78, 5) is 19.2. The molecule has 0 N–H and O–H groups in total. The Bertz CT molecular complexity index is 878. The van der Waals surface area contributed by atoms with Crippen molar-refractivity contribution in [3.63, 3.8) is 0 Å². The Hall–Kier alpha value is -2.22. The Labute approximate surface area is 166 Å². The number of nitrogens with zero attached hydrogens (tertiary/aromatic N) is 7. The van der Waals surface area contributed by atoms with Gasteiger partial charge < -0.3 is 9.80 Å². The lowest BCUT2D eigenvalue weighted by Crippen LogP contribution is -2.62. The van der Waals surface area contributed by atoms with Crippen LogP contribution < -0.4 is 4.90 Å². The van der Waals surface area contributed by atoms with E-state index in [-0.39, 0.29) is 23.4 Å². The summed E-state index contributed by atoms with van der Waals surface area (Å²) in [7, 11) is 2.09. The van der Waals surface area contributed by atoms with E-state index < -0.39 is 0 Å². The molecule has 1 amide bonds. The Balaban J connectivity index is 1.45. The molecule has 2 aromatic heterocycles. The highest BCUT2D eigenvalue weighted by molar-refractivity contribution is 5.84. The van der Waals surface area contributed by atoms with E-state index >= 15 is 0 Å². The van der Waals surface area contributed by atoms with Gasteiger partial charge in [-0.1, -0.05) is 20.8 Å². The average molecular weight is 386 g/mol. The van der Waals surface area contributed by atoms with Crippen molar-refractivity contribution < 1.29 is 4.79 Å². The molecular formula is C20H31N7O. The van der Waals surface area contributed by atoms with Gasteiger partial charge in [-0.25, -0.2) is 0 Å². The van der Waals surface area contributed by atoms with Gasteiger partial charge in [0.2, 0.25) is 5.91 Å². The van der Waals surface area contributed by atoms with E-state index in [0.29, 0.717) is 6.04 Å². The molecule has 8 heteroatoms. The molecule has 2 fully saturated rings. The Morgan fingerprint density at radius 1 is 1.18 bits per heavy atom. The van der Waals surface area contributed by atoms with E-state index in [4.69, 9.17) is 5.10 Å². The van der Waals surface area contributed by atoms with Crippen LogP contribution in [0.2, 0.25) is 0 Å². The predicted molar refractivity (Wildman–Crippen MR) is 109 cm³/mol. The van der Waals surface area contributed by atoms with Gasteiger partial charge in [0, 0.05) is 37.1 Å². The SMILES string of the molecule is CC(C)N1CCC(N(C)C2CN(c3ccc4nnc(C(C)(C)C)n4n3)C2)C1=O. The second-order valence-electron chi connectivity index (χ2n) is 9.39. The molecule has 1 atom stereocenters. The average Bonchev–Trinajstić information content (AvgIpc) is 3.16. The first-order valence-electron chi connectivity index (χ1n) is 10.2. The lowest BCUT2D eigenvalue weighted by atomic mass is 9.96. The fourth-order valence-electron chi connectivity index (χ4n) is 4.15. The molecule has 0 radical (unpaired) electrons. The standard InChI is InChI=1S/C20H31N7O/c1-13(2)26-10-9-15(18(26)28)24(6)14-11-25(12-14)17-8-7-16-21-22-19(20(3,4)5)27(16)23-17/h7-8,13-15H,9-12H2,1-6H3. The molecule has 152 valence electrons. The number of fused-ring (bicyclic) bond motifs is 1. The van der Waals surface area contributed by atoms with Gasteiger partial charge >= 0.3 is 0 Å². The summed E-state index contributed by atoms with van der Waals surface area (Å²) in [5, 5.41) is 13.3. The minimum atomic E-state index is -0.117. The highest BCUT2D eigenvalue weighted by Gasteiger charge is 2.41. The molecule has 0 aromatic carbocycles. The lowest BCUT2D eigenvalue weighted by Gasteiger charge is -2.46. The van der Waals surface area contributed by atoms with E-state index in [1.165, 1.54) is 0 Å². The van der Waals surface area contributed by atoms with Crippen molar-refractivity contribution in [2.45, 2.75) is 64.6 Å². The van der Waals surface area contributed by atoms with E-state index in [1.54, 1.807) is 0 Å². The first-order chi connectivity index (χ1) is 13.2. The van der Waals surface area contributed by atoms with Crippen LogP contribution in [0.25, 0.3) is 5.65 Å². The van der Waals surface area contributed by atoms with E-state index in [0.717, 1.165) is 43.3 Å². The fourth-order valence-corrected chi connectivity index (χ4v) is 4.15. The van der Waals surface area contributed by atoms with Crippen LogP contribution in [0.3, 0.4) is 0 Å². The molecule has 0 spiro atoms. The summed E-state index contributed by atoms with van der Waals surface area (Å²) in [5.74, 6) is 2.07. The zero-order chi connectivity index (χ0) is 20.2. The highest BCUT2D eigenvalue weighted by Crippen LogP contribution is 2.27. The van der Waals surface area contributed by atoms with Crippen molar-refractivity contribution in [2.24, 2.45) is 0 Å². The number of likely N-dealkylation sites (tertiary alicyclic amines) is 1. The largest absolute Gasteiger partial charge is 0.352 e. The number of hydrogen-bond acceptors (Lipinski definition) is 6. The molecule has 2 aliphatic heterocycles. The van der Waals surface area contributed by atoms with Crippen molar-refractivity contribution in [1.29, 1.82) is 0 Å². The number of anilines is 1. The van der Waals surface area contributed by atoms with Crippen LogP contribution in [0.5, 0.6) is 0 Å². The van der Waals surface area contributed by atoms with Gasteiger partial charge in [0.1, 0.15) is 5.82 Å². The molecule has 28 heavy (non-hydrogen) atoms. The molecule has 0 saturated carbocycles. The van der Waals surface area contributed by atoms with Gasteiger partial charge in [-0.05, 0) is 39.4 Å². The summed E-state index contributed by atoms with van der Waals surface area (Å²) in [5.41, 5.74) is 0.654. The second kappa shape index (κ2) is 6.69. The molecule has 0 bridgehead atoms. The van der Waals surface area contributed by atoms with Crippen molar-refractivity contribution in [3.05, 3.63) is 18.0 Å². The van der Waals surface area contributed by atoms with Gasteiger partial charge in [-0.3, -0.25) is 9.69 Å². The molecule has 0 aliphatic carbocycles. The maximum absolute atomic E-state index is 12.7. The normalized spacial score (nSPS) is 21.4. The van der Waals surface area contributed by atoms with Crippen LogP contribution in [0.15, 0.2) is 12.1 Å². The summed E-state index contributed by atoms with van der Waals surface area (Å²) < 4.78 is 1.85. The van der Waals surface area contributed by atoms with Crippen LogP contribution in [-0.2, 0) is 10.2 Å². The van der Waals surface area contributed by atoms with Gasteiger partial charge in [-0.15, -0.1) is 15.3 Å². The number of amides is 1. The third-order valence-corrected chi connectivity index (χ3v) is 6.01. The number of rotatable bonds is 4. The third kappa shape index (κ3) is 3.13. The number of likely N-dealkylation sites (N-methyl/N-ethyl adjacent to an activating group) is 1. The maximum Gasteiger partial charge on any atom is 0.240 e. The van der Waals surface area contributed by atoms with Crippen molar-refractivity contribution >= 4 is 17.4 Å². The van der Waals surface area contributed by atoms with Crippen molar-refractivity contribution in [2.75, 3.05) is 31.6 Å². The third-order valence-electron chi connectivity index (χ3n) is 6.01. The Kier molecular flexibility index (Phi) is 4.56. The smallest absolute Gasteiger partial charge is 0.240 e. The maximum atomic E-state index is 12.7. The number of carbonyl (C=O) groups is 1. The van der Waals surface area contributed by atoms with E-state index in [2.05, 4.69) is 61.7 Å².